The molecule has 0 aromatic heterocycles. The van der Waals surface area contributed by atoms with Gasteiger partial charge in [-0.3, -0.25) is 4.79 Å². The van der Waals surface area contributed by atoms with Gasteiger partial charge in [-0.05, 0) is 0 Å². The molecular formula is C5H9Cl2NO2. The highest BCUT2D eigenvalue weighted by Gasteiger charge is 2.43. The molecule has 60 valence electrons. The molecular weight excluding hydrogens is 177 g/mol. The van der Waals surface area contributed by atoms with Gasteiger partial charge in [0.25, 0.3) is 0 Å². The predicted molar refractivity (Wildman–Crippen MR) is 40.9 cm³/mol. The van der Waals surface area contributed by atoms with Gasteiger partial charge in [-0.15, -0.1) is 24.0 Å². The number of hydrogen-bond acceptors (Lipinski definition) is 2. The number of carbonyl (C=O) groups is 1. The molecule has 0 amide bonds. The topological polar surface area (TPSA) is 49.3 Å². The lowest BCUT2D eigenvalue weighted by atomic mass is 9.84. The largest absolute Gasteiger partial charge is 0.481 e. The summed E-state index contributed by atoms with van der Waals surface area (Å²) >= 11 is 5.43. The number of carboxylic acids is 1. The summed E-state index contributed by atoms with van der Waals surface area (Å²) in [6, 6.07) is 0. The molecule has 5 heteroatoms. The minimum Gasteiger partial charge on any atom is -0.481 e. The quantitative estimate of drug-likeness (QED) is 0.610. The van der Waals surface area contributed by atoms with Crippen molar-refractivity contribution in [2.24, 2.45) is 5.41 Å². The maximum Gasteiger partial charge on any atom is 0.313 e. The summed E-state index contributed by atoms with van der Waals surface area (Å²) < 4.78 is 0. The number of rotatable bonds is 2. The number of alkyl halides is 1. The Hall–Kier alpha value is 0.01000. The molecule has 0 unspecified atom stereocenters. The molecule has 1 heterocycles. The summed E-state index contributed by atoms with van der Waals surface area (Å²) in [7, 11) is 0. The molecule has 3 nitrogen and oxygen atoms in total. The van der Waals surface area contributed by atoms with Crippen LogP contribution in [-0.2, 0) is 4.79 Å². The average Bonchev–Trinajstić information content (AvgIpc) is 1.62. The van der Waals surface area contributed by atoms with E-state index >= 15 is 0 Å². The maximum atomic E-state index is 10.4. The maximum absolute atomic E-state index is 10.4. The third-order valence-corrected chi connectivity index (χ3v) is 2.15. The van der Waals surface area contributed by atoms with Crippen molar-refractivity contribution in [3.63, 3.8) is 0 Å². The van der Waals surface area contributed by atoms with E-state index in [1.54, 1.807) is 0 Å². The molecule has 0 saturated carbocycles. The monoisotopic (exact) mass is 185 g/mol. The van der Waals surface area contributed by atoms with Crippen LogP contribution in [-0.4, -0.2) is 30.0 Å². The molecule has 1 fully saturated rings. The number of hydrogen-bond donors (Lipinski definition) is 2. The minimum absolute atomic E-state index is 0. The lowest BCUT2D eigenvalue weighted by Gasteiger charge is -2.36. The van der Waals surface area contributed by atoms with Crippen LogP contribution in [0.5, 0.6) is 0 Å². The third kappa shape index (κ3) is 1.36. The molecule has 0 aliphatic carbocycles. The van der Waals surface area contributed by atoms with Gasteiger partial charge >= 0.3 is 5.97 Å². The van der Waals surface area contributed by atoms with E-state index in [-0.39, 0.29) is 18.3 Å². The molecule has 0 bridgehead atoms. The highest BCUT2D eigenvalue weighted by atomic mass is 35.5. The number of halogens is 2. The Labute approximate surface area is 70.2 Å². The van der Waals surface area contributed by atoms with E-state index in [1.165, 1.54) is 0 Å². The SMILES string of the molecule is Cl.O=C(O)C1(CCl)CNC1. The second kappa shape index (κ2) is 3.42. The second-order valence-electron chi connectivity index (χ2n) is 2.32. The van der Waals surface area contributed by atoms with Gasteiger partial charge in [-0.25, -0.2) is 0 Å². The smallest absolute Gasteiger partial charge is 0.313 e. The van der Waals surface area contributed by atoms with Gasteiger partial charge in [0, 0.05) is 19.0 Å². The van der Waals surface area contributed by atoms with Crippen LogP contribution in [0.4, 0.5) is 0 Å². The van der Waals surface area contributed by atoms with Gasteiger partial charge in [-0.1, -0.05) is 0 Å². The van der Waals surface area contributed by atoms with Crippen LogP contribution in [0.3, 0.4) is 0 Å². The van der Waals surface area contributed by atoms with Crippen molar-refractivity contribution in [2.45, 2.75) is 0 Å². The van der Waals surface area contributed by atoms with Gasteiger partial charge in [-0.2, -0.15) is 0 Å². The van der Waals surface area contributed by atoms with E-state index < -0.39 is 11.4 Å². The molecule has 0 radical (unpaired) electrons. The highest BCUT2D eigenvalue weighted by Crippen LogP contribution is 2.23. The molecule has 1 aliphatic rings. The fraction of sp³-hybridized carbons (Fsp3) is 0.800. The molecule has 1 saturated heterocycles. The Kier molecular flexibility index (Phi) is 3.42. The predicted octanol–water partition coefficient (Wildman–Crippen LogP) is 0.321. The summed E-state index contributed by atoms with van der Waals surface area (Å²) in [6.45, 7) is 1.01. The lowest BCUT2D eigenvalue weighted by molar-refractivity contribution is -0.150. The van der Waals surface area contributed by atoms with E-state index in [9.17, 15) is 4.79 Å². The van der Waals surface area contributed by atoms with Crippen LogP contribution >= 0.6 is 24.0 Å². The summed E-state index contributed by atoms with van der Waals surface area (Å²) in [4.78, 5) is 10.4. The van der Waals surface area contributed by atoms with Crippen molar-refractivity contribution in [1.82, 2.24) is 5.32 Å². The molecule has 0 atom stereocenters. The number of carboxylic acid groups (broad SMARTS) is 1. The first-order valence-corrected chi connectivity index (χ1v) is 3.25. The zero-order valence-electron chi connectivity index (χ0n) is 5.26. The summed E-state index contributed by atoms with van der Waals surface area (Å²) in [5, 5.41) is 11.4. The van der Waals surface area contributed by atoms with E-state index in [4.69, 9.17) is 16.7 Å². The summed E-state index contributed by atoms with van der Waals surface area (Å²) in [5.74, 6) is -0.591. The van der Waals surface area contributed by atoms with Crippen LogP contribution < -0.4 is 5.32 Å². The fourth-order valence-corrected chi connectivity index (χ4v) is 1.03. The van der Waals surface area contributed by atoms with Gasteiger partial charge < -0.3 is 10.4 Å². The Bertz CT molecular complexity index is 130. The van der Waals surface area contributed by atoms with Crippen molar-refractivity contribution >= 4 is 30.0 Å². The van der Waals surface area contributed by atoms with Crippen molar-refractivity contribution in [3.8, 4) is 0 Å². The first-order chi connectivity index (χ1) is 4.21. The highest BCUT2D eigenvalue weighted by molar-refractivity contribution is 6.19. The van der Waals surface area contributed by atoms with E-state index in [1.807, 2.05) is 0 Å². The van der Waals surface area contributed by atoms with Crippen molar-refractivity contribution in [3.05, 3.63) is 0 Å². The second-order valence-corrected chi connectivity index (χ2v) is 2.59. The number of nitrogens with one attached hydrogen (secondary N) is 1. The van der Waals surface area contributed by atoms with Crippen molar-refractivity contribution in [2.75, 3.05) is 19.0 Å². The van der Waals surface area contributed by atoms with Gasteiger partial charge in [0.1, 0.15) is 5.41 Å². The normalized spacial score (nSPS) is 20.5. The molecule has 0 spiro atoms. The summed E-state index contributed by atoms with van der Waals surface area (Å²) in [6.07, 6.45) is 0. The zero-order valence-corrected chi connectivity index (χ0v) is 6.84. The standard InChI is InChI=1S/C5H8ClNO2.ClH/c6-1-5(4(8)9)2-7-3-5;/h7H,1-3H2,(H,8,9);1H. The fourth-order valence-electron chi connectivity index (χ4n) is 0.730. The Balaban J connectivity index is 0.000000810. The van der Waals surface area contributed by atoms with Gasteiger partial charge in [0.2, 0.25) is 0 Å². The Morgan fingerprint density at radius 3 is 2.20 bits per heavy atom. The molecule has 2 N–H and O–H groups in total. The average molecular weight is 186 g/mol. The van der Waals surface area contributed by atoms with E-state index in [0.717, 1.165) is 0 Å². The van der Waals surface area contributed by atoms with Crippen LogP contribution in [0.2, 0.25) is 0 Å². The molecule has 0 aromatic rings. The zero-order chi connectivity index (χ0) is 6.91. The van der Waals surface area contributed by atoms with Crippen LogP contribution in [0.25, 0.3) is 0 Å². The van der Waals surface area contributed by atoms with Crippen LogP contribution in [0.15, 0.2) is 0 Å². The Morgan fingerprint density at radius 2 is 2.20 bits per heavy atom. The first-order valence-electron chi connectivity index (χ1n) is 2.71. The summed E-state index contributed by atoms with van der Waals surface area (Å²) in [5.41, 5.74) is -0.665. The van der Waals surface area contributed by atoms with Gasteiger partial charge in [0.05, 0.1) is 0 Å². The molecule has 1 rings (SSSR count). The molecule has 1 aliphatic heterocycles. The van der Waals surface area contributed by atoms with E-state index in [2.05, 4.69) is 5.32 Å². The van der Waals surface area contributed by atoms with Crippen molar-refractivity contribution in [1.29, 1.82) is 0 Å². The molecule has 0 aromatic carbocycles. The van der Waals surface area contributed by atoms with Gasteiger partial charge in [0.15, 0.2) is 0 Å². The third-order valence-electron chi connectivity index (χ3n) is 1.64. The first kappa shape index (κ1) is 10.0. The molecule has 10 heavy (non-hydrogen) atoms. The number of aliphatic carboxylic acids is 1. The van der Waals surface area contributed by atoms with Crippen molar-refractivity contribution < 1.29 is 9.90 Å². The van der Waals surface area contributed by atoms with Crippen LogP contribution in [0.1, 0.15) is 0 Å². The Morgan fingerprint density at radius 1 is 1.70 bits per heavy atom. The van der Waals surface area contributed by atoms with Crippen LogP contribution in [0, 0.1) is 5.41 Å². The van der Waals surface area contributed by atoms with E-state index in [0.29, 0.717) is 13.1 Å². The minimum atomic E-state index is -0.795. The lowest BCUT2D eigenvalue weighted by Crippen LogP contribution is -2.59.